The summed E-state index contributed by atoms with van der Waals surface area (Å²) in [5.41, 5.74) is 7.62. The van der Waals surface area contributed by atoms with Gasteiger partial charge in [0.15, 0.2) is 0 Å². The summed E-state index contributed by atoms with van der Waals surface area (Å²) >= 11 is 28.9. The second-order valence-corrected chi connectivity index (χ2v) is 14.1. The van der Waals surface area contributed by atoms with Crippen LogP contribution >= 0.6 is 58.0 Å². The fourth-order valence-corrected chi connectivity index (χ4v) is 6.77. The zero-order valence-corrected chi connectivity index (χ0v) is 31.2. The summed E-state index contributed by atoms with van der Waals surface area (Å²) in [6.45, 7) is 4.28. The maximum absolute atomic E-state index is 10.1. The highest BCUT2D eigenvalue weighted by Gasteiger charge is 2.34. The van der Waals surface area contributed by atoms with Gasteiger partial charge in [-0.1, -0.05) is 71.9 Å². The van der Waals surface area contributed by atoms with Crippen molar-refractivity contribution in [3.63, 3.8) is 0 Å². The Bertz CT molecular complexity index is 1630. The number of fused-ring (bicyclic) bond motifs is 1. The molecule has 0 saturated heterocycles. The number of carbonyl (C=O) groups excluding carboxylic acids is 1. The van der Waals surface area contributed by atoms with Crippen LogP contribution < -0.4 is 5.73 Å². The van der Waals surface area contributed by atoms with Gasteiger partial charge in [0.25, 0.3) is 0 Å². The van der Waals surface area contributed by atoms with Crippen LogP contribution in [-0.2, 0) is 17.6 Å². The fraction of sp³-hybridized carbons (Fsp3) is 0.531. The van der Waals surface area contributed by atoms with Crippen molar-refractivity contribution in [2.75, 3.05) is 13.2 Å². The van der Waals surface area contributed by atoms with Gasteiger partial charge in [0, 0.05) is 60.9 Å². The first-order valence-electron chi connectivity index (χ1n) is 15.8. The fourth-order valence-electron chi connectivity index (χ4n) is 5.64. The number of rotatable bonds is 7. The molecule has 0 radical (unpaired) electrons. The van der Waals surface area contributed by atoms with Crippen molar-refractivity contribution in [3.8, 4) is 0 Å². The Kier molecular flexibility index (Phi) is 17.4. The number of nitrogens with zero attached hydrogens (tertiary/aromatic N) is 7. The molecule has 4 aromatic rings. The Balaban J connectivity index is 0.000000188. The topological polar surface area (TPSA) is 206 Å². The van der Waals surface area contributed by atoms with Crippen LogP contribution in [0.2, 0.25) is 25.8 Å². The van der Waals surface area contributed by atoms with Gasteiger partial charge < -0.3 is 35.5 Å². The Morgan fingerprint density at radius 1 is 0.780 bits per heavy atom. The van der Waals surface area contributed by atoms with Gasteiger partial charge in [0.05, 0.1) is 17.6 Å². The predicted molar refractivity (Wildman–Crippen MR) is 194 cm³/mol. The first-order valence-corrected chi connectivity index (χ1v) is 17.7. The average molecular weight is 795 g/mol. The lowest BCUT2D eigenvalue weighted by atomic mass is 10.1. The summed E-state index contributed by atoms with van der Waals surface area (Å²) < 4.78 is 2.02. The third-order valence-electron chi connectivity index (χ3n) is 8.23. The molecule has 50 heavy (non-hydrogen) atoms. The molecule has 0 amide bonds. The predicted octanol–water partition coefficient (Wildman–Crippen LogP) is 4.97. The van der Waals surface area contributed by atoms with Crippen LogP contribution in [0, 0.1) is 17.8 Å². The molecule has 0 aromatic carbocycles. The molecular weight excluding hydrogens is 754 g/mol. The van der Waals surface area contributed by atoms with E-state index in [-0.39, 0.29) is 60.0 Å². The van der Waals surface area contributed by atoms with Crippen LogP contribution in [-0.4, -0.2) is 92.6 Å². The summed E-state index contributed by atoms with van der Waals surface area (Å²) in [5.74, 6) is 0.482. The van der Waals surface area contributed by atoms with Crippen molar-refractivity contribution in [3.05, 3.63) is 68.1 Å². The Morgan fingerprint density at radius 3 is 1.74 bits per heavy atom. The van der Waals surface area contributed by atoms with E-state index >= 15 is 0 Å². The molecule has 274 valence electrons. The lowest BCUT2D eigenvalue weighted by molar-refractivity contribution is -0.107. The van der Waals surface area contributed by atoms with Crippen LogP contribution in [0.3, 0.4) is 0 Å². The van der Waals surface area contributed by atoms with E-state index in [0.29, 0.717) is 46.1 Å². The van der Waals surface area contributed by atoms with Crippen molar-refractivity contribution in [1.82, 2.24) is 34.5 Å². The second-order valence-electron chi connectivity index (χ2n) is 12.3. The molecule has 0 aliphatic heterocycles. The number of aliphatic hydroxyl groups is 4. The summed E-state index contributed by atoms with van der Waals surface area (Å²) in [4.78, 5) is 33.4. The molecule has 0 spiro atoms. The Hall–Kier alpha value is -2.30. The maximum atomic E-state index is 10.1. The average Bonchev–Trinajstić information content (AvgIpc) is 3.77. The van der Waals surface area contributed by atoms with E-state index in [2.05, 4.69) is 43.8 Å². The van der Waals surface area contributed by atoms with Crippen LogP contribution in [0.15, 0.2) is 31.2 Å². The zero-order chi connectivity index (χ0) is 37.0. The summed E-state index contributed by atoms with van der Waals surface area (Å²) in [5, 5.41) is 39.5. The number of halogens is 5. The largest absolute Gasteiger partial charge is 0.396 e. The number of hydrogen-bond donors (Lipinski definition) is 5. The molecule has 4 heterocycles. The maximum Gasteiger partial charge on any atom is 0.145 e. The van der Waals surface area contributed by atoms with Crippen molar-refractivity contribution in [2.45, 2.75) is 76.7 Å². The molecule has 18 heteroatoms. The lowest BCUT2D eigenvalue weighted by Gasteiger charge is -2.12. The van der Waals surface area contributed by atoms with Crippen LogP contribution in [0.5, 0.6) is 0 Å². The first kappa shape index (κ1) is 42.1. The van der Waals surface area contributed by atoms with E-state index in [0.717, 1.165) is 35.9 Å². The molecule has 13 nitrogen and oxygen atoms in total. The quantitative estimate of drug-likeness (QED) is 0.124. The zero-order valence-electron chi connectivity index (χ0n) is 27.5. The standard InChI is InChI=1S/C12H14ClN3O2.C8H10Cl2N2.C6H4Cl2N2O.C6H13NO2/c13-11-9-1-2-16(12(9)15-6-14-11)8-3-7(5-17)10(18)4-8;1-5(2)3-6-7(9)11-4-12-8(6)10;7-5-4(1-2-11)6(8)10-3-9-5;7-5-1-4(3-8)6(9)2-5/h1-2,6-8,10,17-18H,3-5H2;4-5H,3H2,1-2H3;2-3H,1H2;4-6,8-9H,1-3,7H2/t7-,8+,10-;;;4-,5+,6-/m0..0/s1. The summed E-state index contributed by atoms with van der Waals surface area (Å²) in [7, 11) is 0. The Labute approximate surface area is 315 Å². The van der Waals surface area contributed by atoms with Crippen molar-refractivity contribution >= 4 is 75.3 Å². The number of nitrogens with two attached hydrogens (primary N) is 1. The van der Waals surface area contributed by atoms with Gasteiger partial charge in [-0.3, -0.25) is 0 Å². The molecule has 6 N–H and O–H groups in total. The van der Waals surface area contributed by atoms with Gasteiger partial charge in [0.2, 0.25) is 0 Å². The number of carbonyl (C=O) groups is 1. The van der Waals surface area contributed by atoms with Crippen LogP contribution in [0.4, 0.5) is 0 Å². The van der Waals surface area contributed by atoms with Crippen molar-refractivity contribution < 1.29 is 25.2 Å². The molecule has 2 saturated carbocycles. The van der Waals surface area contributed by atoms with E-state index in [1.54, 1.807) is 0 Å². The van der Waals surface area contributed by atoms with Gasteiger partial charge in [-0.05, 0) is 44.1 Å². The minimum Gasteiger partial charge on any atom is -0.396 e. The second kappa shape index (κ2) is 20.7. The number of hydrogen-bond acceptors (Lipinski definition) is 12. The molecular formula is C32H41Cl5N8O5. The highest BCUT2D eigenvalue weighted by atomic mass is 35.5. The van der Waals surface area contributed by atoms with Crippen molar-refractivity contribution in [1.29, 1.82) is 0 Å². The van der Waals surface area contributed by atoms with Gasteiger partial charge in [-0.2, -0.15) is 0 Å². The third-order valence-corrected chi connectivity index (χ3v) is 9.83. The minimum atomic E-state index is -0.449. The van der Waals surface area contributed by atoms with E-state index < -0.39 is 6.10 Å². The van der Waals surface area contributed by atoms with E-state index in [9.17, 15) is 15.0 Å². The van der Waals surface area contributed by atoms with Gasteiger partial charge >= 0.3 is 0 Å². The molecule has 2 fully saturated rings. The normalized spacial score (nSPS) is 22.7. The molecule has 2 aliphatic carbocycles. The van der Waals surface area contributed by atoms with Gasteiger partial charge in [-0.25, -0.2) is 29.9 Å². The van der Waals surface area contributed by atoms with E-state index in [4.69, 9.17) is 74.0 Å². The molecule has 6 atom stereocenters. The third kappa shape index (κ3) is 11.9. The molecule has 2 aliphatic rings. The summed E-state index contributed by atoms with van der Waals surface area (Å²) in [6, 6.07) is 2.13. The first-order chi connectivity index (χ1) is 23.8. The molecule has 0 bridgehead atoms. The van der Waals surface area contributed by atoms with Crippen molar-refractivity contribution in [2.24, 2.45) is 23.5 Å². The highest BCUT2D eigenvalue weighted by Crippen LogP contribution is 2.37. The van der Waals surface area contributed by atoms with Gasteiger partial charge in [-0.15, -0.1) is 0 Å². The smallest absolute Gasteiger partial charge is 0.145 e. The molecule has 6 rings (SSSR count). The molecule has 0 unspecified atom stereocenters. The number of aliphatic hydroxyl groups excluding tert-OH is 4. The lowest BCUT2D eigenvalue weighted by Crippen LogP contribution is -2.16. The van der Waals surface area contributed by atoms with Crippen LogP contribution in [0.1, 0.15) is 56.7 Å². The van der Waals surface area contributed by atoms with E-state index in [1.165, 1.54) is 19.0 Å². The monoisotopic (exact) mass is 792 g/mol. The van der Waals surface area contributed by atoms with Crippen LogP contribution in [0.25, 0.3) is 11.0 Å². The Morgan fingerprint density at radius 2 is 1.28 bits per heavy atom. The summed E-state index contributed by atoms with van der Waals surface area (Å²) in [6.07, 6.45) is 9.63. The molecule has 4 aromatic heterocycles. The SMILES string of the molecule is CC(C)Cc1c(Cl)ncnc1Cl.N[C@@H]1C[C@@H](CO)[C@@H](O)C1.O=CCc1c(Cl)ncnc1Cl.OC[C@@H]1C[C@@H](n2ccc3c(Cl)ncnc32)C[C@@H]1O. The van der Waals surface area contributed by atoms with E-state index in [1.807, 2.05) is 16.8 Å². The highest BCUT2D eigenvalue weighted by molar-refractivity contribution is 6.35. The van der Waals surface area contributed by atoms with Gasteiger partial charge in [0.1, 0.15) is 56.7 Å². The minimum absolute atomic E-state index is 0.0204. The number of aromatic nitrogens is 7. The number of aldehydes is 1.